The molecule has 0 saturated heterocycles. The van der Waals surface area contributed by atoms with Crippen LogP contribution in [0.25, 0.3) is 16.9 Å². The normalized spacial score (nSPS) is 10.8. The lowest BCUT2D eigenvalue weighted by atomic mass is 10.1. The van der Waals surface area contributed by atoms with Crippen LogP contribution < -0.4 is 15.5 Å². The number of ether oxygens (including phenoxy) is 1. The van der Waals surface area contributed by atoms with E-state index in [9.17, 15) is 9.59 Å². The third-order valence-electron chi connectivity index (χ3n) is 5.01. The number of nitrogens with zero attached hydrogens (tertiary/aromatic N) is 3. The van der Waals surface area contributed by atoms with Crippen molar-refractivity contribution in [3.63, 3.8) is 0 Å². The molecule has 0 aliphatic heterocycles. The van der Waals surface area contributed by atoms with E-state index in [0.717, 1.165) is 22.6 Å². The molecule has 2 amide bonds. The number of benzene rings is 3. The molecular weight excluding hydrogens is 430 g/mol. The smallest absolute Gasteiger partial charge is 0.329 e. The number of hydrogen-bond donors (Lipinski definition) is 2. The van der Waals surface area contributed by atoms with Crippen LogP contribution in [0.1, 0.15) is 11.1 Å². The number of aromatic nitrogens is 2. The molecule has 0 atom stereocenters. The number of carbonyl (C=O) groups is 2. The number of anilines is 1. The summed E-state index contributed by atoms with van der Waals surface area (Å²) in [6.07, 6.45) is 3.26. The van der Waals surface area contributed by atoms with Gasteiger partial charge in [-0.15, -0.1) is 0 Å². The Hall–Kier alpha value is -4.72. The van der Waals surface area contributed by atoms with Gasteiger partial charge in [0.15, 0.2) is 0 Å². The van der Waals surface area contributed by atoms with Crippen LogP contribution in [-0.2, 0) is 9.59 Å². The van der Waals surface area contributed by atoms with Gasteiger partial charge >= 0.3 is 11.8 Å². The quantitative estimate of drug-likeness (QED) is 0.262. The molecule has 0 aliphatic rings. The van der Waals surface area contributed by atoms with E-state index >= 15 is 0 Å². The number of amides is 2. The summed E-state index contributed by atoms with van der Waals surface area (Å²) in [5.41, 5.74) is 6.89. The molecule has 0 fully saturated rings. The molecule has 0 aliphatic carbocycles. The molecule has 0 radical (unpaired) electrons. The van der Waals surface area contributed by atoms with Crippen LogP contribution in [0.5, 0.6) is 5.75 Å². The summed E-state index contributed by atoms with van der Waals surface area (Å²) in [5, 5.41) is 11.2. The molecule has 1 heterocycles. The summed E-state index contributed by atoms with van der Waals surface area (Å²) in [6.45, 7) is 1.94. The second kappa shape index (κ2) is 10.3. The first-order valence-corrected chi connectivity index (χ1v) is 10.5. The summed E-state index contributed by atoms with van der Waals surface area (Å²) in [4.78, 5) is 24.3. The van der Waals surface area contributed by atoms with E-state index < -0.39 is 11.8 Å². The van der Waals surface area contributed by atoms with Crippen molar-refractivity contribution < 1.29 is 14.3 Å². The van der Waals surface area contributed by atoms with Gasteiger partial charge in [0.05, 0.1) is 19.0 Å². The lowest BCUT2D eigenvalue weighted by Crippen LogP contribution is -2.32. The Labute approximate surface area is 196 Å². The largest absolute Gasteiger partial charge is 0.497 e. The van der Waals surface area contributed by atoms with Crippen LogP contribution in [0, 0.1) is 6.92 Å². The molecule has 3 aromatic carbocycles. The number of carbonyl (C=O) groups excluding carboxylic acids is 2. The molecule has 4 aromatic rings. The molecule has 34 heavy (non-hydrogen) atoms. The topological polar surface area (TPSA) is 97.6 Å². The molecular formula is C26H23N5O3. The summed E-state index contributed by atoms with van der Waals surface area (Å²) < 4.78 is 6.96. The number of hydrogen-bond acceptors (Lipinski definition) is 5. The van der Waals surface area contributed by atoms with Crippen molar-refractivity contribution in [2.24, 2.45) is 5.10 Å². The Bertz CT molecular complexity index is 1310. The fourth-order valence-corrected chi connectivity index (χ4v) is 3.20. The maximum atomic E-state index is 12.2. The predicted molar refractivity (Wildman–Crippen MR) is 131 cm³/mol. The standard InChI is InChI=1S/C26H23N5O3/c1-18-8-12-21(13-9-18)28-25(32)26(33)29-27-16-20-17-31(22-6-4-3-5-7-22)30-24(20)19-10-14-23(34-2)15-11-19/h3-17H,1-2H3,(H,28,32)(H,29,33)/b27-16-. The molecule has 2 N–H and O–H groups in total. The van der Waals surface area contributed by atoms with Crippen LogP contribution in [-0.4, -0.2) is 34.9 Å². The highest BCUT2D eigenvalue weighted by Crippen LogP contribution is 2.25. The van der Waals surface area contributed by atoms with Crippen LogP contribution in [0.4, 0.5) is 5.69 Å². The molecule has 170 valence electrons. The van der Waals surface area contributed by atoms with E-state index in [2.05, 4.69) is 15.8 Å². The van der Waals surface area contributed by atoms with Crippen molar-refractivity contribution in [2.75, 3.05) is 12.4 Å². The van der Waals surface area contributed by atoms with Crippen molar-refractivity contribution in [2.45, 2.75) is 6.92 Å². The van der Waals surface area contributed by atoms with E-state index in [1.165, 1.54) is 6.21 Å². The Balaban J connectivity index is 1.53. The number of rotatable bonds is 6. The van der Waals surface area contributed by atoms with Crippen LogP contribution >= 0.6 is 0 Å². The maximum Gasteiger partial charge on any atom is 0.329 e. The summed E-state index contributed by atoms with van der Waals surface area (Å²) in [6, 6.07) is 24.2. The zero-order valence-electron chi connectivity index (χ0n) is 18.7. The number of aryl methyl sites for hydroxylation is 1. The van der Waals surface area contributed by atoms with Gasteiger partial charge in [-0.25, -0.2) is 10.1 Å². The minimum Gasteiger partial charge on any atom is -0.497 e. The first-order chi connectivity index (χ1) is 16.5. The zero-order chi connectivity index (χ0) is 23.9. The SMILES string of the molecule is COc1ccc(-c2nn(-c3ccccc3)cc2/C=N\NC(=O)C(=O)Nc2ccc(C)cc2)cc1. The summed E-state index contributed by atoms with van der Waals surface area (Å²) in [7, 11) is 1.61. The third-order valence-corrected chi connectivity index (χ3v) is 5.01. The van der Waals surface area contributed by atoms with Crippen molar-refractivity contribution in [1.29, 1.82) is 0 Å². The van der Waals surface area contributed by atoms with Crippen molar-refractivity contribution in [3.8, 4) is 22.7 Å². The third kappa shape index (κ3) is 5.36. The second-order valence-electron chi connectivity index (χ2n) is 7.46. The van der Waals surface area contributed by atoms with E-state index in [0.29, 0.717) is 16.9 Å². The van der Waals surface area contributed by atoms with Crippen molar-refractivity contribution in [3.05, 3.63) is 96.2 Å². The van der Waals surface area contributed by atoms with Crippen molar-refractivity contribution in [1.82, 2.24) is 15.2 Å². The minimum absolute atomic E-state index is 0.528. The summed E-state index contributed by atoms with van der Waals surface area (Å²) >= 11 is 0. The minimum atomic E-state index is -0.877. The van der Waals surface area contributed by atoms with Gasteiger partial charge < -0.3 is 10.1 Å². The van der Waals surface area contributed by atoms with E-state index in [1.807, 2.05) is 73.7 Å². The number of hydrazone groups is 1. The van der Waals surface area contributed by atoms with Gasteiger partial charge in [-0.1, -0.05) is 35.9 Å². The highest BCUT2D eigenvalue weighted by atomic mass is 16.5. The molecule has 8 heteroatoms. The van der Waals surface area contributed by atoms with Gasteiger partial charge in [-0.3, -0.25) is 9.59 Å². The highest BCUT2D eigenvalue weighted by Gasteiger charge is 2.14. The monoisotopic (exact) mass is 453 g/mol. The number of methoxy groups -OCH3 is 1. The van der Waals surface area contributed by atoms with Gasteiger partial charge in [0.1, 0.15) is 11.4 Å². The molecule has 0 unspecified atom stereocenters. The van der Waals surface area contributed by atoms with E-state index in [4.69, 9.17) is 9.84 Å². The van der Waals surface area contributed by atoms with E-state index in [1.54, 1.807) is 30.1 Å². The van der Waals surface area contributed by atoms with Crippen LogP contribution in [0.3, 0.4) is 0 Å². The Morgan fingerprint density at radius 3 is 2.32 bits per heavy atom. The Morgan fingerprint density at radius 1 is 0.941 bits per heavy atom. The second-order valence-corrected chi connectivity index (χ2v) is 7.46. The Morgan fingerprint density at radius 2 is 1.65 bits per heavy atom. The fourth-order valence-electron chi connectivity index (χ4n) is 3.20. The first-order valence-electron chi connectivity index (χ1n) is 10.5. The predicted octanol–water partition coefficient (Wildman–Crippen LogP) is 3.95. The zero-order valence-corrected chi connectivity index (χ0v) is 18.7. The molecule has 0 saturated carbocycles. The number of nitrogens with one attached hydrogen (secondary N) is 2. The lowest BCUT2D eigenvalue weighted by molar-refractivity contribution is -0.136. The van der Waals surface area contributed by atoms with Crippen LogP contribution in [0.2, 0.25) is 0 Å². The van der Waals surface area contributed by atoms with Crippen LogP contribution in [0.15, 0.2) is 90.2 Å². The molecule has 4 rings (SSSR count). The maximum absolute atomic E-state index is 12.2. The lowest BCUT2D eigenvalue weighted by Gasteiger charge is -2.04. The van der Waals surface area contributed by atoms with Crippen molar-refractivity contribution >= 4 is 23.7 Å². The number of para-hydroxylation sites is 1. The first kappa shape index (κ1) is 22.5. The van der Waals surface area contributed by atoms with Gasteiger partial charge in [0.2, 0.25) is 0 Å². The molecule has 8 nitrogen and oxygen atoms in total. The fraction of sp³-hybridized carbons (Fsp3) is 0.0769. The average Bonchev–Trinajstić information content (AvgIpc) is 3.30. The molecule has 0 bridgehead atoms. The van der Waals surface area contributed by atoms with Gasteiger partial charge in [-0.2, -0.15) is 10.2 Å². The van der Waals surface area contributed by atoms with Gasteiger partial charge in [0, 0.05) is 23.0 Å². The summed E-state index contributed by atoms with van der Waals surface area (Å²) in [5.74, 6) is -0.956. The molecule has 0 spiro atoms. The molecule has 1 aromatic heterocycles. The Kier molecular flexibility index (Phi) is 6.78. The highest BCUT2D eigenvalue weighted by molar-refractivity contribution is 6.39. The average molecular weight is 454 g/mol. The van der Waals surface area contributed by atoms with Gasteiger partial charge in [-0.05, 0) is 55.5 Å². The van der Waals surface area contributed by atoms with Gasteiger partial charge in [0.25, 0.3) is 0 Å². The van der Waals surface area contributed by atoms with E-state index in [-0.39, 0.29) is 0 Å².